The van der Waals surface area contributed by atoms with E-state index in [1.807, 2.05) is 6.92 Å². The highest BCUT2D eigenvalue weighted by atomic mass is 79.9. The topological polar surface area (TPSA) is 95.9 Å². The molecule has 2 aromatic carbocycles. The number of urea groups is 1. The van der Waals surface area contributed by atoms with Gasteiger partial charge in [-0.3, -0.25) is 14.9 Å². The molecule has 2 aromatic rings. The quantitative estimate of drug-likeness (QED) is 0.483. The maximum atomic E-state index is 12.9. The SMILES string of the molecule is COc1cc(/C=C2\C(=O)NC(=O)N(c3ccc(Br)c(C)c3)C2=O)cc(Br)c1O. The van der Waals surface area contributed by atoms with Gasteiger partial charge in [-0.2, -0.15) is 0 Å². The highest BCUT2D eigenvalue weighted by Gasteiger charge is 2.37. The van der Waals surface area contributed by atoms with Gasteiger partial charge in [0.25, 0.3) is 11.8 Å². The minimum Gasteiger partial charge on any atom is -0.503 e. The van der Waals surface area contributed by atoms with Crippen LogP contribution in [0.5, 0.6) is 11.5 Å². The van der Waals surface area contributed by atoms with E-state index in [9.17, 15) is 19.5 Å². The Bertz CT molecular complexity index is 1050. The first kappa shape index (κ1) is 20.1. The Balaban J connectivity index is 2.06. The number of nitrogens with zero attached hydrogens (tertiary/aromatic N) is 1. The van der Waals surface area contributed by atoms with E-state index in [0.717, 1.165) is 14.9 Å². The van der Waals surface area contributed by atoms with Crippen molar-refractivity contribution in [3.8, 4) is 11.5 Å². The molecule has 28 heavy (non-hydrogen) atoms. The lowest BCUT2D eigenvalue weighted by Crippen LogP contribution is -2.54. The van der Waals surface area contributed by atoms with Crippen molar-refractivity contribution >= 4 is 61.5 Å². The van der Waals surface area contributed by atoms with E-state index in [0.29, 0.717) is 15.7 Å². The van der Waals surface area contributed by atoms with E-state index in [1.165, 1.54) is 25.3 Å². The van der Waals surface area contributed by atoms with Crippen LogP contribution in [0.25, 0.3) is 6.08 Å². The van der Waals surface area contributed by atoms with Crippen molar-refractivity contribution in [3.05, 3.63) is 56.0 Å². The van der Waals surface area contributed by atoms with E-state index in [2.05, 4.69) is 37.2 Å². The number of methoxy groups -OCH3 is 1. The van der Waals surface area contributed by atoms with Crippen LogP contribution in [0, 0.1) is 6.92 Å². The Labute approximate surface area is 177 Å². The summed E-state index contributed by atoms with van der Waals surface area (Å²) in [5, 5.41) is 12.1. The maximum absolute atomic E-state index is 12.9. The predicted octanol–water partition coefficient (Wildman–Crippen LogP) is 3.90. The summed E-state index contributed by atoms with van der Waals surface area (Å²) in [7, 11) is 1.38. The van der Waals surface area contributed by atoms with Crippen molar-refractivity contribution in [1.29, 1.82) is 0 Å². The second-order valence-electron chi connectivity index (χ2n) is 5.94. The minimum absolute atomic E-state index is 0.105. The molecular weight excluding hydrogens is 496 g/mol. The average Bonchev–Trinajstić information content (AvgIpc) is 2.64. The lowest BCUT2D eigenvalue weighted by Gasteiger charge is -2.26. The number of ether oxygens (including phenoxy) is 1. The molecule has 0 aromatic heterocycles. The molecule has 144 valence electrons. The van der Waals surface area contributed by atoms with E-state index in [4.69, 9.17) is 4.74 Å². The zero-order valence-electron chi connectivity index (χ0n) is 14.7. The Hall–Kier alpha value is -2.65. The molecule has 0 saturated carbocycles. The first-order chi connectivity index (χ1) is 13.2. The highest BCUT2D eigenvalue weighted by molar-refractivity contribution is 9.10. The molecule has 4 amide bonds. The van der Waals surface area contributed by atoms with Crippen LogP contribution in [-0.2, 0) is 9.59 Å². The minimum atomic E-state index is -0.821. The number of rotatable bonds is 3. The number of phenols is 1. The lowest BCUT2D eigenvalue weighted by atomic mass is 10.1. The monoisotopic (exact) mass is 508 g/mol. The standard InChI is InChI=1S/C19H14Br2N2O5/c1-9-5-11(3-4-13(9)20)23-18(26)12(17(25)22-19(23)27)6-10-7-14(21)16(24)15(8-10)28-2/h3-8,24H,1-2H3,(H,22,25,27)/b12-6+. The van der Waals surface area contributed by atoms with Crippen LogP contribution in [0.15, 0.2) is 44.9 Å². The van der Waals surface area contributed by atoms with Crippen LogP contribution in [0.2, 0.25) is 0 Å². The third kappa shape index (κ3) is 3.67. The third-order valence-corrected chi connectivity index (χ3v) is 5.58. The molecular formula is C19H14Br2N2O5. The Morgan fingerprint density at radius 3 is 2.46 bits per heavy atom. The zero-order valence-corrected chi connectivity index (χ0v) is 17.9. The van der Waals surface area contributed by atoms with Gasteiger partial charge >= 0.3 is 6.03 Å². The molecule has 0 atom stereocenters. The van der Waals surface area contributed by atoms with Gasteiger partial charge in [-0.25, -0.2) is 9.69 Å². The smallest absolute Gasteiger partial charge is 0.335 e. The molecule has 1 aliphatic heterocycles. The van der Waals surface area contributed by atoms with Crippen molar-refractivity contribution < 1.29 is 24.2 Å². The molecule has 1 heterocycles. The summed E-state index contributed by atoms with van der Waals surface area (Å²) in [4.78, 5) is 38.4. The van der Waals surface area contributed by atoms with Crippen LogP contribution >= 0.6 is 31.9 Å². The first-order valence-corrected chi connectivity index (χ1v) is 9.55. The van der Waals surface area contributed by atoms with Crippen LogP contribution in [0.3, 0.4) is 0 Å². The number of nitrogens with one attached hydrogen (secondary N) is 1. The number of imide groups is 2. The molecule has 1 aliphatic rings. The second-order valence-corrected chi connectivity index (χ2v) is 7.65. The molecule has 2 N–H and O–H groups in total. The molecule has 9 heteroatoms. The number of phenolic OH excluding ortho intramolecular Hbond substituents is 1. The Morgan fingerprint density at radius 1 is 1.11 bits per heavy atom. The number of carbonyl (C=O) groups excluding carboxylic acids is 3. The van der Waals surface area contributed by atoms with Gasteiger partial charge < -0.3 is 9.84 Å². The average molecular weight is 510 g/mol. The van der Waals surface area contributed by atoms with Gasteiger partial charge in [0.05, 0.1) is 17.3 Å². The summed E-state index contributed by atoms with van der Waals surface area (Å²) in [6.45, 7) is 1.82. The maximum Gasteiger partial charge on any atom is 0.335 e. The Morgan fingerprint density at radius 2 is 1.82 bits per heavy atom. The van der Waals surface area contributed by atoms with Gasteiger partial charge in [0.1, 0.15) is 5.57 Å². The number of hydrogen-bond donors (Lipinski definition) is 2. The van der Waals surface area contributed by atoms with Crippen LogP contribution in [0.1, 0.15) is 11.1 Å². The fourth-order valence-electron chi connectivity index (χ4n) is 2.66. The number of anilines is 1. The van der Waals surface area contributed by atoms with Crippen LogP contribution in [0.4, 0.5) is 10.5 Å². The summed E-state index contributed by atoms with van der Waals surface area (Å²) >= 11 is 6.56. The summed E-state index contributed by atoms with van der Waals surface area (Å²) in [5.74, 6) is -1.49. The van der Waals surface area contributed by atoms with Gasteiger partial charge in [-0.15, -0.1) is 0 Å². The number of aryl methyl sites for hydroxylation is 1. The molecule has 0 spiro atoms. The fourth-order valence-corrected chi connectivity index (χ4v) is 3.37. The highest BCUT2D eigenvalue weighted by Crippen LogP contribution is 2.36. The molecule has 0 radical (unpaired) electrons. The number of halogens is 2. The molecule has 1 fully saturated rings. The van der Waals surface area contributed by atoms with Crippen molar-refractivity contribution in [1.82, 2.24) is 5.32 Å². The van der Waals surface area contributed by atoms with Crippen molar-refractivity contribution in [2.24, 2.45) is 0 Å². The summed E-state index contributed by atoms with van der Waals surface area (Å²) in [5.41, 5.74) is 1.37. The summed E-state index contributed by atoms with van der Waals surface area (Å²) < 4.78 is 6.24. The largest absolute Gasteiger partial charge is 0.503 e. The number of barbiturate groups is 1. The predicted molar refractivity (Wildman–Crippen MR) is 110 cm³/mol. The first-order valence-electron chi connectivity index (χ1n) is 7.97. The van der Waals surface area contributed by atoms with Crippen LogP contribution in [-0.4, -0.2) is 30.1 Å². The van der Waals surface area contributed by atoms with Crippen molar-refractivity contribution in [2.75, 3.05) is 12.0 Å². The Kier molecular flexibility index (Phi) is 5.57. The molecule has 0 bridgehead atoms. The van der Waals surface area contributed by atoms with E-state index in [-0.39, 0.29) is 17.1 Å². The number of carbonyl (C=O) groups is 3. The second kappa shape index (κ2) is 7.76. The number of aromatic hydroxyl groups is 1. The van der Waals surface area contributed by atoms with Gasteiger partial charge in [-0.1, -0.05) is 15.9 Å². The van der Waals surface area contributed by atoms with E-state index in [1.54, 1.807) is 18.2 Å². The molecule has 7 nitrogen and oxygen atoms in total. The van der Waals surface area contributed by atoms with Gasteiger partial charge in [0.15, 0.2) is 11.5 Å². The zero-order chi connectivity index (χ0) is 20.6. The van der Waals surface area contributed by atoms with Crippen molar-refractivity contribution in [3.63, 3.8) is 0 Å². The van der Waals surface area contributed by atoms with Gasteiger partial charge in [0.2, 0.25) is 0 Å². The summed E-state index contributed by atoms with van der Waals surface area (Å²) in [6.07, 6.45) is 1.33. The fraction of sp³-hybridized carbons (Fsp3) is 0.105. The number of amides is 4. The number of benzene rings is 2. The molecule has 0 unspecified atom stereocenters. The molecule has 3 rings (SSSR count). The normalized spacial score (nSPS) is 15.8. The van der Waals surface area contributed by atoms with Crippen LogP contribution < -0.4 is 15.0 Å². The molecule has 0 aliphatic carbocycles. The third-order valence-electron chi connectivity index (χ3n) is 4.08. The van der Waals surface area contributed by atoms with E-state index < -0.39 is 17.8 Å². The number of hydrogen-bond acceptors (Lipinski definition) is 5. The summed E-state index contributed by atoms with van der Waals surface area (Å²) in [6, 6.07) is 7.15. The van der Waals surface area contributed by atoms with Gasteiger partial charge in [-0.05, 0) is 70.4 Å². The lowest BCUT2D eigenvalue weighted by molar-refractivity contribution is -0.122. The van der Waals surface area contributed by atoms with E-state index >= 15 is 0 Å². The van der Waals surface area contributed by atoms with Crippen molar-refractivity contribution in [2.45, 2.75) is 6.92 Å². The van der Waals surface area contributed by atoms with Gasteiger partial charge in [0, 0.05) is 4.47 Å². The molecule has 1 saturated heterocycles.